The van der Waals surface area contributed by atoms with Crippen LogP contribution >= 0.6 is 0 Å². The van der Waals surface area contributed by atoms with Gasteiger partial charge in [0.05, 0.1) is 45.4 Å². The average molecular weight is 1780 g/mol. The number of rotatable bonds is 20. The van der Waals surface area contributed by atoms with E-state index in [-0.39, 0.29) is 0 Å². The molecule has 682 valence electrons. The summed E-state index contributed by atoms with van der Waals surface area (Å²) < 4.78 is 36.2. The van der Waals surface area contributed by atoms with Crippen LogP contribution in [0.1, 0.15) is 208 Å². The zero-order valence-electron chi connectivity index (χ0n) is 84.0. The Balaban J connectivity index is 0.000000136. The monoisotopic (exact) mass is 1770 g/mol. The van der Waals surface area contributed by atoms with Gasteiger partial charge in [-0.15, -0.1) is 0 Å². The van der Waals surface area contributed by atoms with Crippen molar-refractivity contribution >= 4 is 21.9 Å². The molecule has 0 atom stereocenters. The molecule has 6 aromatic carbocycles. The van der Waals surface area contributed by atoms with Crippen LogP contribution in [-0.4, -0.2) is 51.5 Å². The molecule has 0 saturated carbocycles. The molecule has 18 aromatic rings. The number of para-hydroxylation sites is 7. The van der Waals surface area contributed by atoms with Crippen molar-refractivity contribution in [3.8, 4) is 115 Å². The van der Waals surface area contributed by atoms with Crippen molar-refractivity contribution in [2.75, 3.05) is 0 Å². The smallest absolute Gasteiger partial charge is 0.339 e. The fourth-order valence-corrected chi connectivity index (χ4v) is 19.5. The van der Waals surface area contributed by atoms with Gasteiger partial charge in [0.25, 0.3) is 22.8 Å². The summed E-state index contributed by atoms with van der Waals surface area (Å²) in [6.45, 7) is 38.5. The first-order valence-electron chi connectivity index (χ1n) is 47.3. The van der Waals surface area contributed by atoms with Crippen LogP contribution in [0, 0.1) is 6.92 Å². The second-order valence-electron chi connectivity index (χ2n) is 38.5. The molecule has 0 fully saturated rings. The van der Waals surface area contributed by atoms with Gasteiger partial charge in [0.15, 0.2) is 0 Å². The third-order valence-electron chi connectivity index (χ3n) is 26.9. The molecule has 12 aromatic heterocycles. The van der Waals surface area contributed by atoms with Crippen molar-refractivity contribution < 1.29 is 36.5 Å². The maximum atomic E-state index is 4.97. The van der Waals surface area contributed by atoms with Gasteiger partial charge in [0.2, 0.25) is 34.4 Å². The summed E-state index contributed by atoms with van der Waals surface area (Å²) in [5.41, 5.74) is 31.0. The number of aryl methyl sites for hydroxylation is 8. The van der Waals surface area contributed by atoms with E-state index in [0.29, 0.717) is 47.3 Å². The second kappa shape index (κ2) is 38.9. The van der Waals surface area contributed by atoms with Gasteiger partial charge in [0, 0.05) is 145 Å². The molecule has 0 N–H and O–H groups in total. The predicted molar refractivity (Wildman–Crippen MR) is 538 cm³/mol. The Labute approximate surface area is 788 Å². The third kappa shape index (κ3) is 17.8. The Morgan fingerprint density at radius 2 is 0.564 bits per heavy atom. The van der Waals surface area contributed by atoms with Crippen molar-refractivity contribution in [2.24, 2.45) is 84.6 Å². The number of hydrogen-bond acceptors (Lipinski definition) is 3. The van der Waals surface area contributed by atoms with Crippen LogP contribution in [0.4, 0.5) is 0 Å². The maximum Gasteiger partial charge on any atom is 0.359 e. The highest BCUT2D eigenvalue weighted by Crippen LogP contribution is 2.40. The Morgan fingerprint density at radius 1 is 0.271 bits per heavy atom. The van der Waals surface area contributed by atoms with E-state index in [1.54, 1.807) is 0 Å². The van der Waals surface area contributed by atoms with Crippen LogP contribution in [0.25, 0.3) is 137 Å². The predicted octanol–water partition coefficient (Wildman–Crippen LogP) is 21.0. The topological polar surface area (TPSA) is 109 Å². The highest BCUT2D eigenvalue weighted by atomic mass is 15.2. The molecular weight excluding hydrogens is 1640 g/mol. The molecule has 19 nitrogen and oxygen atoms in total. The van der Waals surface area contributed by atoms with Crippen LogP contribution in [0.15, 0.2) is 268 Å². The van der Waals surface area contributed by atoms with Gasteiger partial charge in [-0.25, -0.2) is 33.2 Å². The number of fused-ring (bicyclic) bond motifs is 2. The van der Waals surface area contributed by atoms with Gasteiger partial charge in [-0.3, -0.25) is 0 Å². The molecular formula is C114H139N19+8. The molecule has 0 spiro atoms. The number of nitrogens with zero attached hydrogens (tertiary/aromatic N) is 19. The molecule has 0 radical (unpaired) electrons. The van der Waals surface area contributed by atoms with Crippen molar-refractivity contribution in [1.82, 2.24) is 51.5 Å². The van der Waals surface area contributed by atoms with Crippen molar-refractivity contribution in [2.45, 2.75) is 165 Å². The van der Waals surface area contributed by atoms with Gasteiger partial charge in [-0.1, -0.05) is 214 Å². The van der Waals surface area contributed by atoms with Crippen LogP contribution in [0.3, 0.4) is 0 Å². The minimum Gasteiger partial charge on any atom is -0.339 e. The first kappa shape index (κ1) is 93.9. The lowest BCUT2D eigenvalue weighted by Gasteiger charge is -2.17. The summed E-state index contributed by atoms with van der Waals surface area (Å²) in [6, 6.07) is 72.2. The molecule has 0 amide bonds. The van der Waals surface area contributed by atoms with E-state index in [0.717, 1.165) is 85.8 Å². The zero-order valence-corrected chi connectivity index (χ0v) is 84.0. The molecule has 0 saturated heterocycles. The van der Waals surface area contributed by atoms with Crippen molar-refractivity contribution in [3.05, 3.63) is 319 Å². The lowest BCUT2D eigenvalue weighted by atomic mass is 9.92. The number of imidazole rings is 7. The SMILES string of the molecule is CC(C)c1cccc(C(C)C)c1-n1cc[n+](C)c1-c1cccc(-c2cc3ccccc3n2C)[n+]1C.CC(C)c1cccc(C(C)C)c1-n1cc[n+](C)c1-c1cccc(-c2nc3ccccc3n2C)[n+]1C.CC(C)c1cccc(C(C)C)c1-n1cc[n+](C)c1-c1cccc(-c2nccn2C)[n+]1C.Cc1ncc(-c2cccc(-c3n(-c4c(C(C)C)cccc4C(C)C)cc[n+]3C)[n+]2C)n1C. The summed E-state index contributed by atoms with van der Waals surface area (Å²) in [4.78, 5) is 14.1. The van der Waals surface area contributed by atoms with Gasteiger partial charge in [-0.05, 0) is 103 Å². The van der Waals surface area contributed by atoms with Crippen LogP contribution in [0.5, 0.6) is 0 Å². The summed E-state index contributed by atoms with van der Waals surface area (Å²) in [5, 5.41) is 1.26. The number of benzene rings is 6. The lowest BCUT2D eigenvalue weighted by molar-refractivity contribution is -0.685. The maximum absolute atomic E-state index is 4.97. The van der Waals surface area contributed by atoms with Crippen LogP contribution < -0.4 is 36.5 Å². The van der Waals surface area contributed by atoms with Gasteiger partial charge in [-0.2, -0.15) is 36.5 Å². The molecule has 0 unspecified atom stereocenters. The molecule has 12 heterocycles. The van der Waals surface area contributed by atoms with Gasteiger partial charge >= 0.3 is 23.3 Å². The molecule has 19 heteroatoms. The molecule has 18 rings (SSSR count). The number of aromatic nitrogens is 19. The van der Waals surface area contributed by atoms with E-state index < -0.39 is 0 Å². The van der Waals surface area contributed by atoms with E-state index in [2.05, 4.69) is 515 Å². The molecule has 133 heavy (non-hydrogen) atoms. The highest BCUT2D eigenvalue weighted by molar-refractivity contribution is 5.86. The number of hydrogen-bond donors (Lipinski definition) is 0. The summed E-state index contributed by atoms with van der Waals surface area (Å²) in [6.07, 6.45) is 23.2. The molecule has 0 bridgehead atoms. The minimum atomic E-state index is 0.421. The molecule has 0 aliphatic rings. The number of pyridine rings is 4. The Kier molecular flexibility index (Phi) is 27.5. The fourth-order valence-electron chi connectivity index (χ4n) is 19.5. The largest absolute Gasteiger partial charge is 0.359 e. The van der Waals surface area contributed by atoms with E-state index >= 15 is 0 Å². The van der Waals surface area contributed by atoms with E-state index in [4.69, 9.17) is 4.98 Å². The van der Waals surface area contributed by atoms with E-state index in [9.17, 15) is 0 Å². The molecule has 0 aliphatic carbocycles. The van der Waals surface area contributed by atoms with E-state index in [1.165, 1.54) is 101 Å². The van der Waals surface area contributed by atoms with Gasteiger partial charge in [0.1, 0.15) is 118 Å². The normalized spacial score (nSPS) is 11.7. The summed E-state index contributed by atoms with van der Waals surface area (Å²) in [7, 11) is 25.4. The van der Waals surface area contributed by atoms with Gasteiger partial charge < -0.3 is 18.3 Å². The minimum absolute atomic E-state index is 0.421. The Morgan fingerprint density at radius 3 is 0.872 bits per heavy atom. The standard InChI is InChI=1S/C31H36N4.C30H35N5.C27H35N5.C26H33N5/c1-21(2)24-13-10-14-25(22(3)4)30(24)35-19-18-32(5)31(35)28-17-11-16-27(34(28)7)29-20-23-12-8-9-15-26(23)33(29)6;1-20(2)22-12-10-13-23(21(3)4)28(22)35-19-18-32(5)30(35)27-17-11-16-26(33(27)6)29-31-24-14-8-9-15-25(24)34(29)7;1-18(2)21-11-9-12-22(19(3)4)26(21)32-16-15-29(6)27(32)24-14-10-13-23(31(24)8)25-17-28-20(5)30(25)7;1-18(2)20-10-8-11-21(19(3)4)24(20)31-17-16-29(6)26(31)23-13-9-12-22(30(23)7)25-27-14-15-28(25)5/h8-22H,1-7H3;8-21H,1-7H3;9-19H,1-8H3;8-19H,1-7H3/q4*+2. The summed E-state index contributed by atoms with van der Waals surface area (Å²) in [5.74, 6) is 11.0. The Hall–Kier alpha value is -13.8. The second-order valence-corrected chi connectivity index (χ2v) is 38.5. The van der Waals surface area contributed by atoms with Crippen molar-refractivity contribution in [3.63, 3.8) is 0 Å². The fraction of sp³-hybridized carbons (Fsp3) is 0.325. The zero-order chi connectivity index (χ0) is 95.1. The first-order valence-corrected chi connectivity index (χ1v) is 47.3. The quantitative estimate of drug-likeness (QED) is 0.0709. The summed E-state index contributed by atoms with van der Waals surface area (Å²) >= 11 is 0. The lowest BCUT2D eigenvalue weighted by Crippen LogP contribution is -2.40. The van der Waals surface area contributed by atoms with E-state index in [1.807, 2.05) is 38.6 Å². The Bertz CT molecular complexity index is 6940. The third-order valence-corrected chi connectivity index (χ3v) is 26.9. The van der Waals surface area contributed by atoms with Crippen LogP contribution in [-0.2, 0) is 84.6 Å². The highest BCUT2D eigenvalue weighted by Gasteiger charge is 2.39. The molecule has 0 aliphatic heterocycles. The van der Waals surface area contributed by atoms with Crippen molar-refractivity contribution in [1.29, 1.82) is 0 Å². The average Bonchev–Trinajstić information content (AvgIpc) is 1.66. The first-order chi connectivity index (χ1) is 63.6. The van der Waals surface area contributed by atoms with Crippen LogP contribution in [0.2, 0.25) is 0 Å².